The molecule has 114 valence electrons. The molecule has 0 bridgehead atoms. The van der Waals surface area contributed by atoms with Crippen LogP contribution in [0.15, 0.2) is 35.4 Å². The molecule has 1 N–H and O–H groups in total. The monoisotopic (exact) mass is 307 g/mol. The Bertz CT molecular complexity index is 703. The van der Waals surface area contributed by atoms with E-state index in [1.807, 2.05) is 39.1 Å². The highest BCUT2D eigenvalue weighted by molar-refractivity contribution is 7.89. The van der Waals surface area contributed by atoms with E-state index < -0.39 is 10.0 Å². The number of rotatable bonds is 6. The molecule has 0 unspecified atom stereocenters. The van der Waals surface area contributed by atoms with Crippen LogP contribution in [-0.4, -0.2) is 18.2 Å². The van der Waals surface area contributed by atoms with Gasteiger partial charge in [0, 0.05) is 24.8 Å². The van der Waals surface area contributed by atoms with Gasteiger partial charge in [0.2, 0.25) is 10.0 Å². The summed E-state index contributed by atoms with van der Waals surface area (Å²) >= 11 is 0. The third-order valence-electron chi connectivity index (χ3n) is 3.47. The highest BCUT2D eigenvalue weighted by Crippen LogP contribution is 2.12. The van der Waals surface area contributed by atoms with E-state index in [4.69, 9.17) is 0 Å². The van der Waals surface area contributed by atoms with Crippen LogP contribution >= 0.6 is 0 Å². The molecule has 1 aromatic heterocycles. The van der Waals surface area contributed by atoms with Crippen LogP contribution in [0, 0.1) is 6.92 Å². The lowest BCUT2D eigenvalue weighted by Gasteiger charge is -2.07. The van der Waals surface area contributed by atoms with E-state index >= 15 is 0 Å². The lowest BCUT2D eigenvalue weighted by Crippen LogP contribution is -2.23. The minimum Gasteiger partial charge on any atom is -0.272 e. The van der Waals surface area contributed by atoms with Crippen LogP contribution in [0.3, 0.4) is 0 Å². The first kappa shape index (κ1) is 15.7. The average Bonchev–Trinajstić information content (AvgIpc) is 2.86. The first-order valence-electron chi connectivity index (χ1n) is 7.07. The van der Waals surface area contributed by atoms with E-state index in [0.29, 0.717) is 4.90 Å². The molecule has 6 heteroatoms. The minimum absolute atomic E-state index is 0.254. The summed E-state index contributed by atoms with van der Waals surface area (Å²) in [6, 6.07) is 6.97. The highest BCUT2D eigenvalue weighted by Gasteiger charge is 2.14. The molecule has 0 spiro atoms. The number of aryl methyl sites for hydroxylation is 3. The van der Waals surface area contributed by atoms with E-state index in [9.17, 15) is 8.42 Å². The topological polar surface area (TPSA) is 64.0 Å². The van der Waals surface area contributed by atoms with Crippen LogP contribution in [0.25, 0.3) is 0 Å². The summed E-state index contributed by atoms with van der Waals surface area (Å²) in [7, 11) is -3.48. The van der Waals surface area contributed by atoms with Crippen molar-refractivity contribution in [3.63, 3.8) is 0 Å². The quantitative estimate of drug-likeness (QED) is 0.890. The van der Waals surface area contributed by atoms with E-state index in [2.05, 4.69) is 9.82 Å². The number of hydrogen-bond acceptors (Lipinski definition) is 3. The van der Waals surface area contributed by atoms with Gasteiger partial charge in [-0.3, -0.25) is 4.68 Å². The van der Waals surface area contributed by atoms with Gasteiger partial charge in [-0.2, -0.15) is 5.10 Å². The van der Waals surface area contributed by atoms with Crippen LogP contribution in [0.4, 0.5) is 0 Å². The van der Waals surface area contributed by atoms with Crippen molar-refractivity contribution in [2.75, 3.05) is 0 Å². The predicted molar refractivity (Wildman–Crippen MR) is 82.5 cm³/mol. The second-order valence-corrected chi connectivity index (χ2v) is 6.68. The Morgan fingerprint density at radius 2 is 1.86 bits per heavy atom. The van der Waals surface area contributed by atoms with Crippen LogP contribution < -0.4 is 4.72 Å². The molecule has 2 rings (SSSR count). The number of aromatic nitrogens is 2. The molecule has 0 aliphatic rings. The van der Waals surface area contributed by atoms with Gasteiger partial charge >= 0.3 is 0 Å². The van der Waals surface area contributed by atoms with Gasteiger partial charge in [-0.25, -0.2) is 13.1 Å². The van der Waals surface area contributed by atoms with Crippen LogP contribution in [0.5, 0.6) is 0 Å². The zero-order chi connectivity index (χ0) is 15.5. The van der Waals surface area contributed by atoms with Gasteiger partial charge in [-0.05, 0) is 38.0 Å². The fourth-order valence-corrected chi connectivity index (χ4v) is 3.06. The second-order valence-electron chi connectivity index (χ2n) is 4.92. The van der Waals surface area contributed by atoms with Crippen molar-refractivity contribution in [2.45, 2.75) is 45.2 Å². The third kappa shape index (κ3) is 3.71. The molecule has 21 heavy (non-hydrogen) atoms. The molecule has 0 saturated heterocycles. The number of sulfonamides is 1. The maximum Gasteiger partial charge on any atom is 0.240 e. The number of nitrogens with one attached hydrogen (secondary N) is 1. The molecule has 0 fully saturated rings. The van der Waals surface area contributed by atoms with Gasteiger partial charge in [0.25, 0.3) is 0 Å². The van der Waals surface area contributed by atoms with Gasteiger partial charge in [0.05, 0.1) is 10.6 Å². The molecule has 0 aliphatic heterocycles. The summed E-state index contributed by atoms with van der Waals surface area (Å²) in [5.41, 5.74) is 2.86. The average molecular weight is 307 g/mol. The summed E-state index contributed by atoms with van der Waals surface area (Å²) in [6.45, 7) is 6.94. The maximum absolute atomic E-state index is 12.3. The summed E-state index contributed by atoms with van der Waals surface area (Å²) in [5.74, 6) is 0. The molecular weight excluding hydrogens is 286 g/mol. The minimum atomic E-state index is -3.48. The van der Waals surface area contributed by atoms with Gasteiger partial charge < -0.3 is 0 Å². The molecule has 2 aromatic rings. The van der Waals surface area contributed by atoms with Crippen molar-refractivity contribution in [3.8, 4) is 0 Å². The Balaban J connectivity index is 2.11. The Morgan fingerprint density at radius 1 is 1.19 bits per heavy atom. The molecule has 0 saturated carbocycles. The molecular formula is C15H21N3O2S. The van der Waals surface area contributed by atoms with Gasteiger partial charge in [0.1, 0.15) is 0 Å². The zero-order valence-corrected chi connectivity index (χ0v) is 13.4. The normalized spacial score (nSPS) is 11.8. The fraction of sp³-hybridized carbons (Fsp3) is 0.400. The van der Waals surface area contributed by atoms with Crippen molar-refractivity contribution in [2.24, 2.45) is 0 Å². The van der Waals surface area contributed by atoms with E-state index in [0.717, 1.165) is 29.8 Å². The molecule has 1 heterocycles. The first-order chi connectivity index (χ1) is 9.96. The van der Waals surface area contributed by atoms with Crippen molar-refractivity contribution in [1.29, 1.82) is 0 Å². The highest BCUT2D eigenvalue weighted by atomic mass is 32.2. The second kappa shape index (κ2) is 6.41. The summed E-state index contributed by atoms with van der Waals surface area (Å²) in [4.78, 5) is 0.292. The van der Waals surface area contributed by atoms with Gasteiger partial charge in [-0.15, -0.1) is 0 Å². The van der Waals surface area contributed by atoms with Crippen LogP contribution in [-0.2, 0) is 29.5 Å². The largest absolute Gasteiger partial charge is 0.272 e. The van der Waals surface area contributed by atoms with Crippen molar-refractivity contribution < 1.29 is 8.42 Å². The van der Waals surface area contributed by atoms with Gasteiger partial charge in [0.15, 0.2) is 0 Å². The molecule has 1 aromatic carbocycles. The zero-order valence-electron chi connectivity index (χ0n) is 12.6. The van der Waals surface area contributed by atoms with Crippen molar-refractivity contribution >= 4 is 10.0 Å². The summed E-state index contributed by atoms with van der Waals surface area (Å²) in [5, 5.41) is 4.31. The maximum atomic E-state index is 12.3. The van der Waals surface area contributed by atoms with Crippen LogP contribution in [0.2, 0.25) is 0 Å². The molecule has 5 nitrogen and oxygen atoms in total. The standard InChI is InChI=1S/C15H21N3O2S/c1-4-13-6-8-15(9-7-13)21(19,20)16-10-14-11-18(5-2)17-12(14)3/h6-9,11,16H,4-5,10H2,1-3H3. The van der Waals surface area contributed by atoms with Crippen molar-refractivity contribution in [3.05, 3.63) is 47.3 Å². The summed E-state index contributed by atoms with van der Waals surface area (Å²) in [6.07, 6.45) is 2.77. The first-order valence-corrected chi connectivity index (χ1v) is 8.56. The molecule has 0 amide bonds. The number of benzene rings is 1. The molecule has 0 aliphatic carbocycles. The van der Waals surface area contributed by atoms with E-state index in [1.54, 1.807) is 16.8 Å². The van der Waals surface area contributed by atoms with Crippen molar-refractivity contribution in [1.82, 2.24) is 14.5 Å². The molecule has 0 atom stereocenters. The number of hydrogen-bond donors (Lipinski definition) is 1. The van der Waals surface area contributed by atoms with E-state index in [-0.39, 0.29) is 6.54 Å². The smallest absolute Gasteiger partial charge is 0.240 e. The van der Waals surface area contributed by atoms with E-state index in [1.165, 1.54) is 0 Å². The Labute approximate surface area is 126 Å². The predicted octanol–water partition coefficient (Wildman–Crippen LogP) is 2.25. The number of nitrogens with zero attached hydrogens (tertiary/aromatic N) is 2. The SMILES string of the molecule is CCc1ccc(S(=O)(=O)NCc2cn(CC)nc2C)cc1. The third-order valence-corrected chi connectivity index (χ3v) is 4.88. The van der Waals surface area contributed by atoms with Gasteiger partial charge in [-0.1, -0.05) is 19.1 Å². The summed E-state index contributed by atoms with van der Waals surface area (Å²) < 4.78 is 28.9. The Hall–Kier alpha value is -1.66. The Kier molecular flexibility index (Phi) is 4.80. The van der Waals surface area contributed by atoms with Crippen LogP contribution in [0.1, 0.15) is 30.7 Å². The molecule has 0 radical (unpaired) electrons. The lowest BCUT2D eigenvalue weighted by atomic mass is 10.2. The lowest BCUT2D eigenvalue weighted by molar-refractivity contribution is 0.581. The fourth-order valence-electron chi connectivity index (χ4n) is 2.06. The Morgan fingerprint density at radius 3 is 2.38 bits per heavy atom.